The van der Waals surface area contributed by atoms with Gasteiger partial charge < -0.3 is 4.74 Å². The smallest absolute Gasteiger partial charge is 0.181 e. The van der Waals surface area contributed by atoms with Crippen LogP contribution in [0.2, 0.25) is 0 Å². The normalized spacial score (nSPS) is 11.6. The summed E-state index contributed by atoms with van der Waals surface area (Å²) >= 11 is 0. The molecule has 2 aromatic rings. The molecular formula is C13H14O3S. The molecule has 2 rings (SSSR count). The Kier molecular flexibility index (Phi) is 3.07. The Labute approximate surface area is 101 Å². The third kappa shape index (κ3) is 2.00. The van der Waals surface area contributed by atoms with E-state index in [1.54, 1.807) is 19.1 Å². The lowest BCUT2D eigenvalue weighted by molar-refractivity contribution is 0.408. The van der Waals surface area contributed by atoms with Crippen LogP contribution in [0.4, 0.5) is 0 Å². The van der Waals surface area contributed by atoms with E-state index in [-0.39, 0.29) is 10.6 Å². The SMILES string of the molecule is CCS(=O)(=O)c1ccc2ccccc2c1OC. The van der Waals surface area contributed by atoms with Gasteiger partial charge in [-0.25, -0.2) is 8.42 Å². The van der Waals surface area contributed by atoms with Gasteiger partial charge in [-0.05, 0) is 11.5 Å². The van der Waals surface area contributed by atoms with Crippen molar-refractivity contribution < 1.29 is 13.2 Å². The fraction of sp³-hybridized carbons (Fsp3) is 0.231. The van der Waals surface area contributed by atoms with E-state index in [1.165, 1.54) is 7.11 Å². The molecule has 0 spiro atoms. The van der Waals surface area contributed by atoms with E-state index < -0.39 is 9.84 Å². The number of rotatable bonds is 3. The molecular weight excluding hydrogens is 236 g/mol. The van der Waals surface area contributed by atoms with Gasteiger partial charge in [-0.1, -0.05) is 37.3 Å². The highest BCUT2D eigenvalue weighted by atomic mass is 32.2. The van der Waals surface area contributed by atoms with E-state index in [0.29, 0.717) is 5.75 Å². The zero-order valence-corrected chi connectivity index (χ0v) is 10.6. The van der Waals surface area contributed by atoms with Crippen LogP contribution in [0, 0.1) is 0 Å². The standard InChI is InChI=1S/C13H14O3S/c1-3-17(14,15)12-9-8-10-6-4-5-7-11(10)13(12)16-2/h4-9H,3H2,1-2H3. The predicted octanol–water partition coefficient (Wildman–Crippen LogP) is 2.64. The first-order valence-corrected chi connectivity index (χ1v) is 7.04. The van der Waals surface area contributed by atoms with Crippen molar-refractivity contribution in [1.82, 2.24) is 0 Å². The fourth-order valence-electron chi connectivity index (χ4n) is 1.83. The van der Waals surface area contributed by atoms with Crippen LogP contribution in [0.1, 0.15) is 6.92 Å². The molecule has 0 bridgehead atoms. The zero-order valence-electron chi connectivity index (χ0n) is 9.80. The van der Waals surface area contributed by atoms with Gasteiger partial charge in [0.1, 0.15) is 10.6 Å². The molecule has 0 aliphatic heterocycles. The van der Waals surface area contributed by atoms with Gasteiger partial charge in [0.15, 0.2) is 9.84 Å². The Morgan fingerprint density at radius 1 is 1.12 bits per heavy atom. The number of methoxy groups -OCH3 is 1. The summed E-state index contributed by atoms with van der Waals surface area (Å²) in [6.45, 7) is 1.63. The van der Waals surface area contributed by atoms with Crippen molar-refractivity contribution >= 4 is 20.6 Å². The molecule has 0 fully saturated rings. The van der Waals surface area contributed by atoms with E-state index >= 15 is 0 Å². The largest absolute Gasteiger partial charge is 0.495 e. The van der Waals surface area contributed by atoms with Crippen LogP contribution < -0.4 is 4.74 Å². The molecule has 0 unspecified atom stereocenters. The van der Waals surface area contributed by atoms with Gasteiger partial charge in [-0.3, -0.25) is 0 Å². The summed E-state index contributed by atoms with van der Waals surface area (Å²) in [5.74, 6) is 0.506. The van der Waals surface area contributed by atoms with Gasteiger partial charge in [-0.15, -0.1) is 0 Å². The van der Waals surface area contributed by atoms with Gasteiger partial charge in [0.25, 0.3) is 0 Å². The first-order valence-electron chi connectivity index (χ1n) is 5.38. The quantitative estimate of drug-likeness (QED) is 0.841. The molecule has 0 radical (unpaired) electrons. The summed E-state index contributed by atoms with van der Waals surface area (Å²) < 4.78 is 29.2. The topological polar surface area (TPSA) is 43.4 Å². The summed E-state index contributed by atoms with van der Waals surface area (Å²) in [7, 11) is -1.76. The maximum Gasteiger partial charge on any atom is 0.181 e. The van der Waals surface area contributed by atoms with Crippen molar-refractivity contribution in [3.8, 4) is 5.75 Å². The molecule has 0 aromatic heterocycles. The van der Waals surface area contributed by atoms with E-state index in [2.05, 4.69) is 0 Å². The van der Waals surface area contributed by atoms with Gasteiger partial charge in [-0.2, -0.15) is 0 Å². The monoisotopic (exact) mass is 250 g/mol. The highest BCUT2D eigenvalue weighted by Gasteiger charge is 2.19. The third-order valence-electron chi connectivity index (χ3n) is 2.76. The van der Waals surface area contributed by atoms with E-state index in [9.17, 15) is 8.42 Å². The average molecular weight is 250 g/mol. The lowest BCUT2D eigenvalue weighted by Gasteiger charge is -2.11. The molecule has 0 aliphatic carbocycles. The molecule has 90 valence electrons. The highest BCUT2D eigenvalue weighted by Crippen LogP contribution is 2.33. The lowest BCUT2D eigenvalue weighted by Crippen LogP contribution is -2.06. The third-order valence-corrected chi connectivity index (χ3v) is 4.51. The van der Waals surface area contributed by atoms with Crippen LogP contribution >= 0.6 is 0 Å². The molecule has 0 amide bonds. The van der Waals surface area contributed by atoms with Crippen LogP contribution in [-0.4, -0.2) is 21.3 Å². The maximum atomic E-state index is 11.9. The first kappa shape index (κ1) is 11.9. The maximum absolute atomic E-state index is 11.9. The van der Waals surface area contributed by atoms with E-state index in [4.69, 9.17) is 4.74 Å². The Morgan fingerprint density at radius 3 is 2.47 bits per heavy atom. The van der Waals surface area contributed by atoms with Gasteiger partial charge in [0.05, 0.1) is 12.9 Å². The minimum absolute atomic E-state index is 0.0711. The highest BCUT2D eigenvalue weighted by molar-refractivity contribution is 7.91. The van der Waals surface area contributed by atoms with Crippen LogP contribution in [0.25, 0.3) is 10.8 Å². The van der Waals surface area contributed by atoms with Crippen molar-refractivity contribution in [1.29, 1.82) is 0 Å². The van der Waals surface area contributed by atoms with Crippen molar-refractivity contribution in [2.45, 2.75) is 11.8 Å². The number of hydrogen-bond acceptors (Lipinski definition) is 3. The Balaban J connectivity index is 2.83. The molecule has 0 saturated carbocycles. The number of benzene rings is 2. The number of fused-ring (bicyclic) bond motifs is 1. The molecule has 4 heteroatoms. The second-order valence-corrected chi connectivity index (χ2v) is 5.97. The minimum atomic E-state index is -3.26. The Morgan fingerprint density at radius 2 is 1.82 bits per heavy atom. The van der Waals surface area contributed by atoms with Gasteiger partial charge >= 0.3 is 0 Å². The molecule has 0 saturated heterocycles. The zero-order chi connectivity index (χ0) is 12.5. The summed E-state index contributed by atoms with van der Waals surface area (Å²) in [5, 5.41) is 1.80. The second-order valence-electron chi connectivity index (χ2n) is 3.72. The summed E-state index contributed by atoms with van der Waals surface area (Å²) in [4.78, 5) is 0.265. The molecule has 3 nitrogen and oxygen atoms in total. The average Bonchev–Trinajstić information content (AvgIpc) is 2.37. The van der Waals surface area contributed by atoms with Crippen LogP contribution in [0.3, 0.4) is 0 Å². The predicted molar refractivity (Wildman–Crippen MR) is 68.2 cm³/mol. The van der Waals surface area contributed by atoms with Crippen molar-refractivity contribution in [2.75, 3.05) is 12.9 Å². The number of ether oxygens (including phenoxy) is 1. The molecule has 0 atom stereocenters. The van der Waals surface area contributed by atoms with E-state index in [0.717, 1.165) is 10.8 Å². The fourth-order valence-corrected chi connectivity index (χ4v) is 2.90. The molecule has 0 aliphatic rings. The molecule has 0 heterocycles. The molecule has 17 heavy (non-hydrogen) atoms. The van der Waals surface area contributed by atoms with Crippen molar-refractivity contribution in [3.63, 3.8) is 0 Å². The lowest BCUT2D eigenvalue weighted by atomic mass is 10.1. The van der Waals surface area contributed by atoms with Gasteiger partial charge in [0.2, 0.25) is 0 Å². The first-order chi connectivity index (χ1) is 8.10. The second kappa shape index (κ2) is 4.37. The van der Waals surface area contributed by atoms with Gasteiger partial charge in [0, 0.05) is 5.39 Å². The summed E-state index contributed by atoms with van der Waals surface area (Å²) in [6, 6.07) is 11.0. The summed E-state index contributed by atoms with van der Waals surface area (Å²) in [5.41, 5.74) is 0. The van der Waals surface area contributed by atoms with Crippen LogP contribution in [0.15, 0.2) is 41.3 Å². The Bertz CT molecular complexity index is 645. The molecule has 2 aromatic carbocycles. The van der Waals surface area contributed by atoms with E-state index in [1.807, 2.05) is 24.3 Å². The molecule has 0 N–H and O–H groups in total. The van der Waals surface area contributed by atoms with Crippen LogP contribution in [0.5, 0.6) is 5.75 Å². The van der Waals surface area contributed by atoms with Crippen molar-refractivity contribution in [2.24, 2.45) is 0 Å². The Hall–Kier alpha value is -1.55. The van der Waals surface area contributed by atoms with Crippen LogP contribution in [-0.2, 0) is 9.84 Å². The minimum Gasteiger partial charge on any atom is -0.495 e. The summed E-state index contributed by atoms with van der Waals surface area (Å²) in [6.07, 6.45) is 0. The number of hydrogen-bond donors (Lipinski definition) is 0. The van der Waals surface area contributed by atoms with Crippen molar-refractivity contribution in [3.05, 3.63) is 36.4 Å². The number of sulfone groups is 1.